The van der Waals surface area contributed by atoms with Crippen LogP contribution < -0.4 is 0 Å². The Bertz CT molecular complexity index is 65.5. The molecule has 0 heterocycles. The predicted molar refractivity (Wildman–Crippen MR) is 46.6 cm³/mol. The minimum absolute atomic E-state index is 0.844. The summed E-state index contributed by atoms with van der Waals surface area (Å²) < 4.78 is 9.19. The normalized spacial score (nSPS) is 14.5. The zero-order valence-electron chi connectivity index (χ0n) is 8.28. The lowest BCUT2D eigenvalue weighted by molar-refractivity contribution is -0.190. The third-order valence-corrected chi connectivity index (χ3v) is 0.802. The zero-order valence-corrected chi connectivity index (χ0v) is 8.28. The van der Waals surface area contributed by atoms with Gasteiger partial charge in [0.2, 0.25) is 0 Å². The van der Waals surface area contributed by atoms with E-state index in [2.05, 4.69) is 4.74 Å². The molecule has 0 spiro atoms. The van der Waals surface area contributed by atoms with Crippen LogP contribution in [0.4, 0.5) is 0 Å². The molecule has 2 N–H and O–H groups in total. The summed E-state index contributed by atoms with van der Waals surface area (Å²) in [4.78, 5) is 0. The van der Waals surface area contributed by atoms with Crippen LogP contribution in [-0.4, -0.2) is 36.0 Å². The fraction of sp³-hybridized carbons (Fsp3) is 1.00. The van der Waals surface area contributed by atoms with E-state index in [1.54, 1.807) is 0 Å². The van der Waals surface area contributed by atoms with E-state index in [1.807, 2.05) is 13.8 Å². The van der Waals surface area contributed by atoms with Crippen LogP contribution in [0.1, 0.15) is 27.7 Å². The number of hydrogen-bond donors (Lipinski definition) is 2. The van der Waals surface area contributed by atoms with E-state index >= 15 is 0 Å². The molecule has 0 aliphatic rings. The van der Waals surface area contributed by atoms with Gasteiger partial charge in [0.25, 0.3) is 0 Å². The Kier molecular flexibility index (Phi) is 13.0. The molecule has 12 heavy (non-hydrogen) atoms. The zero-order chi connectivity index (χ0) is 9.98. The van der Waals surface area contributed by atoms with E-state index in [0.717, 1.165) is 13.2 Å². The van der Waals surface area contributed by atoms with Gasteiger partial charge in [-0.05, 0) is 27.7 Å². The first-order valence-electron chi connectivity index (χ1n) is 4.13. The van der Waals surface area contributed by atoms with Crippen molar-refractivity contribution in [3.63, 3.8) is 0 Å². The third-order valence-electron chi connectivity index (χ3n) is 0.802. The molecular weight excluding hydrogens is 160 g/mol. The predicted octanol–water partition coefficient (Wildman–Crippen LogP) is 0.722. The van der Waals surface area contributed by atoms with Crippen LogP contribution in [-0.2, 0) is 9.47 Å². The highest BCUT2D eigenvalue weighted by molar-refractivity contribution is 4.24. The number of rotatable bonds is 4. The van der Waals surface area contributed by atoms with Crippen LogP contribution in [0.3, 0.4) is 0 Å². The molecule has 0 aromatic carbocycles. The average Bonchev–Trinajstić information content (AvgIpc) is 1.87. The molecule has 0 aromatic rings. The van der Waals surface area contributed by atoms with E-state index in [0.29, 0.717) is 0 Å². The quantitative estimate of drug-likeness (QED) is 0.626. The van der Waals surface area contributed by atoms with Crippen molar-refractivity contribution in [3.05, 3.63) is 0 Å². The highest BCUT2D eigenvalue weighted by Crippen LogP contribution is 1.87. The largest absolute Gasteiger partial charge is 0.382 e. The van der Waals surface area contributed by atoms with Crippen LogP contribution in [0.25, 0.3) is 0 Å². The Labute approximate surface area is 74.1 Å². The van der Waals surface area contributed by atoms with Crippen molar-refractivity contribution in [2.75, 3.05) is 13.2 Å². The minimum atomic E-state index is -0.875. The van der Waals surface area contributed by atoms with Crippen molar-refractivity contribution in [3.8, 4) is 0 Å². The lowest BCUT2D eigenvalue weighted by Crippen LogP contribution is -2.14. The fourth-order valence-corrected chi connectivity index (χ4v) is 0.489. The van der Waals surface area contributed by atoms with Gasteiger partial charge in [0.05, 0.1) is 0 Å². The maximum Gasteiger partial charge on any atom is 0.154 e. The first-order chi connectivity index (χ1) is 5.54. The van der Waals surface area contributed by atoms with Crippen LogP contribution in [0.15, 0.2) is 0 Å². The first-order valence-corrected chi connectivity index (χ1v) is 4.13. The topological polar surface area (TPSA) is 58.9 Å². The van der Waals surface area contributed by atoms with Gasteiger partial charge in [-0.3, -0.25) is 0 Å². The number of hydrogen-bond acceptors (Lipinski definition) is 4. The van der Waals surface area contributed by atoms with Gasteiger partial charge in [0, 0.05) is 13.2 Å². The van der Waals surface area contributed by atoms with Gasteiger partial charge in [0.1, 0.15) is 0 Å². The average molecular weight is 180 g/mol. The molecule has 0 radical (unpaired) electrons. The summed E-state index contributed by atoms with van der Waals surface area (Å²) in [5.74, 6) is 0. The Morgan fingerprint density at radius 3 is 1.33 bits per heavy atom. The Hall–Kier alpha value is -0.160. The minimum Gasteiger partial charge on any atom is -0.382 e. The number of aliphatic hydroxyl groups is 2. The highest BCUT2D eigenvalue weighted by atomic mass is 16.7. The smallest absolute Gasteiger partial charge is 0.154 e. The van der Waals surface area contributed by atoms with E-state index < -0.39 is 12.6 Å². The summed E-state index contributed by atoms with van der Waals surface area (Å²) in [5, 5.41) is 16.7. The van der Waals surface area contributed by atoms with Crippen LogP contribution in [0.5, 0.6) is 0 Å². The van der Waals surface area contributed by atoms with Crippen LogP contribution >= 0.6 is 0 Å². The molecule has 76 valence electrons. The molecule has 0 fully saturated rings. The Balaban J connectivity index is 0. The summed E-state index contributed by atoms with van der Waals surface area (Å²) in [7, 11) is 0. The number of ether oxygens (including phenoxy) is 2. The van der Waals surface area contributed by atoms with Gasteiger partial charge in [-0.1, -0.05) is 0 Å². The molecule has 0 bridgehead atoms. The second kappa shape index (κ2) is 10.8. The molecule has 0 rings (SSSR count). The summed E-state index contributed by atoms with van der Waals surface area (Å²) in [5.41, 5.74) is 0. The van der Waals surface area contributed by atoms with Crippen molar-refractivity contribution < 1.29 is 19.7 Å². The van der Waals surface area contributed by atoms with E-state index in [1.165, 1.54) is 13.8 Å². The van der Waals surface area contributed by atoms with Gasteiger partial charge >= 0.3 is 0 Å². The summed E-state index contributed by atoms with van der Waals surface area (Å²) in [6, 6.07) is 0. The molecule has 2 atom stereocenters. The highest BCUT2D eigenvalue weighted by Gasteiger charge is 1.97. The lowest BCUT2D eigenvalue weighted by Gasteiger charge is -2.07. The molecule has 0 aliphatic heterocycles. The van der Waals surface area contributed by atoms with Gasteiger partial charge in [0.15, 0.2) is 12.6 Å². The third kappa shape index (κ3) is 22.5. The fourth-order valence-electron chi connectivity index (χ4n) is 0.489. The monoisotopic (exact) mass is 180 g/mol. The molecule has 0 aliphatic carbocycles. The molecule has 0 amide bonds. The maximum absolute atomic E-state index is 8.34. The summed E-state index contributed by atoms with van der Waals surface area (Å²) >= 11 is 0. The summed E-state index contributed by atoms with van der Waals surface area (Å²) in [6.07, 6.45) is -1.75. The SMILES string of the molecule is CC(O)OC(C)O.CCOCC. The lowest BCUT2D eigenvalue weighted by atomic mass is 10.7. The van der Waals surface area contributed by atoms with Crippen LogP contribution in [0, 0.1) is 0 Å². The second-order valence-electron chi connectivity index (χ2n) is 2.12. The van der Waals surface area contributed by atoms with Crippen molar-refractivity contribution in [1.29, 1.82) is 0 Å². The molecular formula is C8H20O4. The van der Waals surface area contributed by atoms with Gasteiger partial charge in [-0.2, -0.15) is 0 Å². The standard InChI is InChI=1S/C4H10O3.C4H10O/c1-3(5)7-4(2)6;1-3-5-4-2/h3-6H,1-2H3;3-4H2,1-2H3. The molecule has 2 unspecified atom stereocenters. The first kappa shape index (κ1) is 14.4. The Morgan fingerprint density at radius 2 is 1.33 bits per heavy atom. The summed E-state index contributed by atoms with van der Waals surface area (Å²) in [6.45, 7) is 8.54. The second-order valence-corrected chi connectivity index (χ2v) is 2.12. The van der Waals surface area contributed by atoms with Crippen LogP contribution in [0.2, 0.25) is 0 Å². The maximum atomic E-state index is 8.34. The van der Waals surface area contributed by atoms with Crippen molar-refractivity contribution in [1.82, 2.24) is 0 Å². The molecule has 0 saturated carbocycles. The van der Waals surface area contributed by atoms with Crippen molar-refractivity contribution in [2.24, 2.45) is 0 Å². The molecule has 0 aromatic heterocycles. The van der Waals surface area contributed by atoms with Gasteiger partial charge in [-0.25, -0.2) is 0 Å². The molecule has 4 nitrogen and oxygen atoms in total. The van der Waals surface area contributed by atoms with Gasteiger partial charge in [-0.15, -0.1) is 0 Å². The molecule has 4 heteroatoms. The van der Waals surface area contributed by atoms with Gasteiger partial charge < -0.3 is 19.7 Å². The van der Waals surface area contributed by atoms with E-state index in [4.69, 9.17) is 14.9 Å². The Morgan fingerprint density at radius 1 is 1.00 bits per heavy atom. The number of aliphatic hydroxyl groups excluding tert-OH is 2. The van der Waals surface area contributed by atoms with Crippen molar-refractivity contribution in [2.45, 2.75) is 40.3 Å². The van der Waals surface area contributed by atoms with E-state index in [9.17, 15) is 0 Å². The molecule has 0 saturated heterocycles. The van der Waals surface area contributed by atoms with Crippen molar-refractivity contribution >= 4 is 0 Å². The van der Waals surface area contributed by atoms with E-state index in [-0.39, 0.29) is 0 Å².